The van der Waals surface area contributed by atoms with Crippen molar-refractivity contribution >= 4 is 10.8 Å². The van der Waals surface area contributed by atoms with Gasteiger partial charge in [-0.2, -0.15) is 13.2 Å². The summed E-state index contributed by atoms with van der Waals surface area (Å²) in [6.45, 7) is 1.94. The monoisotopic (exact) mass is 239 g/mol. The summed E-state index contributed by atoms with van der Waals surface area (Å²) < 4.78 is 37.4. The fourth-order valence-corrected chi connectivity index (χ4v) is 1.77. The molecule has 0 aliphatic carbocycles. The molecule has 0 saturated carbocycles. The van der Waals surface area contributed by atoms with Gasteiger partial charge in [0.2, 0.25) is 0 Å². The van der Waals surface area contributed by atoms with Crippen LogP contribution in [-0.4, -0.2) is 6.18 Å². The largest absolute Gasteiger partial charge is 0.407 e. The van der Waals surface area contributed by atoms with Gasteiger partial charge >= 0.3 is 6.18 Å². The summed E-state index contributed by atoms with van der Waals surface area (Å²) in [6, 6.07) is 8.27. The normalized spacial score (nSPS) is 13.9. The van der Waals surface area contributed by atoms with Gasteiger partial charge in [-0.15, -0.1) is 0 Å². The highest BCUT2D eigenvalue weighted by atomic mass is 19.4. The first-order valence-corrected chi connectivity index (χ1v) is 5.20. The van der Waals surface area contributed by atoms with Gasteiger partial charge in [0.25, 0.3) is 0 Å². The van der Waals surface area contributed by atoms with E-state index in [1.807, 2.05) is 19.1 Å². The molecular formula is C13H12F3N. The molecule has 0 heterocycles. The number of aryl methyl sites for hydroxylation is 1. The Morgan fingerprint density at radius 2 is 1.59 bits per heavy atom. The number of nitrogens with two attached hydrogens (primary N) is 1. The Kier molecular flexibility index (Phi) is 2.83. The van der Waals surface area contributed by atoms with E-state index < -0.39 is 12.2 Å². The quantitative estimate of drug-likeness (QED) is 0.806. The van der Waals surface area contributed by atoms with Crippen LogP contribution in [0.5, 0.6) is 0 Å². The summed E-state index contributed by atoms with van der Waals surface area (Å²) in [5, 5.41) is 1.69. The molecule has 2 aromatic carbocycles. The van der Waals surface area contributed by atoms with Gasteiger partial charge in [-0.3, -0.25) is 0 Å². The maximum absolute atomic E-state index is 12.5. The number of halogens is 3. The van der Waals surface area contributed by atoms with Crippen LogP contribution in [0.15, 0.2) is 36.4 Å². The summed E-state index contributed by atoms with van der Waals surface area (Å²) in [7, 11) is 0. The lowest BCUT2D eigenvalue weighted by molar-refractivity contribution is -0.149. The first-order chi connectivity index (χ1) is 7.88. The molecule has 0 radical (unpaired) electrons. The second-order valence-electron chi connectivity index (χ2n) is 4.13. The SMILES string of the molecule is Cc1ccc2cc([C@H](N)C(F)(F)F)ccc2c1. The van der Waals surface area contributed by atoms with Crippen LogP contribution in [0, 0.1) is 6.92 Å². The molecule has 0 aromatic heterocycles. The topological polar surface area (TPSA) is 26.0 Å². The molecule has 0 spiro atoms. The van der Waals surface area contributed by atoms with E-state index in [1.54, 1.807) is 12.1 Å². The van der Waals surface area contributed by atoms with Crippen molar-refractivity contribution in [2.75, 3.05) is 0 Å². The van der Waals surface area contributed by atoms with E-state index >= 15 is 0 Å². The maximum Gasteiger partial charge on any atom is 0.407 e. The molecule has 2 rings (SSSR count). The number of hydrogen-bond acceptors (Lipinski definition) is 1. The zero-order valence-corrected chi connectivity index (χ0v) is 9.25. The third-order valence-corrected chi connectivity index (χ3v) is 2.73. The minimum Gasteiger partial charge on any atom is -0.316 e. The molecule has 0 unspecified atom stereocenters. The molecule has 1 nitrogen and oxygen atoms in total. The van der Waals surface area contributed by atoms with Gasteiger partial charge in [0.15, 0.2) is 0 Å². The lowest BCUT2D eigenvalue weighted by Gasteiger charge is -2.16. The number of benzene rings is 2. The van der Waals surface area contributed by atoms with Crippen molar-refractivity contribution in [3.63, 3.8) is 0 Å². The summed E-state index contributed by atoms with van der Waals surface area (Å²) in [5.41, 5.74) is 6.33. The van der Waals surface area contributed by atoms with Crippen LogP contribution < -0.4 is 5.73 Å². The maximum atomic E-state index is 12.5. The molecule has 17 heavy (non-hydrogen) atoms. The van der Waals surface area contributed by atoms with Crippen molar-refractivity contribution in [3.8, 4) is 0 Å². The zero-order valence-electron chi connectivity index (χ0n) is 9.25. The van der Waals surface area contributed by atoms with Crippen molar-refractivity contribution < 1.29 is 13.2 Å². The Labute approximate surface area is 97.0 Å². The molecule has 0 saturated heterocycles. The van der Waals surface area contributed by atoms with Crippen LogP contribution in [0.4, 0.5) is 13.2 Å². The summed E-state index contributed by atoms with van der Waals surface area (Å²) in [4.78, 5) is 0. The standard InChI is InChI=1S/C13H12F3N/c1-8-2-3-10-7-11(5-4-9(10)6-8)12(17)13(14,15)16/h2-7,12H,17H2,1H3/t12-/m0/s1. The predicted molar refractivity (Wildman–Crippen MR) is 61.7 cm³/mol. The van der Waals surface area contributed by atoms with Gasteiger partial charge in [-0.1, -0.05) is 35.9 Å². The van der Waals surface area contributed by atoms with E-state index in [4.69, 9.17) is 5.73 Å². The molecule has 2 N–H and O–H groups in total. The fourth-order valence-electron chi connectivity index (χ4n) is 1.77. The molecule has 4 heteroatoms. The summed E-state index contributed by atoms with van der Waals surface area (Å²) in [6.07, 6.45) is -4.40. The second kappa shape index (κ2) is 4.04. The fraction of sp³-hybridized carbons (Fsp3) is 0.231. The lowest BCUT2D eigenvalue weighted by Crippen LogP contribution is -2.28. The molecule has 0 aliphatic heterocycles. The smallest absolute Gasteiger partial charge is 0.316 e. The van der Waals surface area contributed by atoms with Crippen LogP contribution in [0.3, 0.4) is 0 Å². The molecule has 0 bridgehead atoms. The van der Waals surface area contributed by atoms with Crippen LogP contribution in [0.1, 0.15) is 17.2 Å². The summed E-state index contributed by atoms with van der Waals surface area (Å²) in [5.74, 6) is 0. The third kappa shape index (κ3) is 2.42. The number of hydrogen-bond donors (Lipinski definition) is 1. The van der Waals surface area contributed by atoms with Crippen molar-refractivity contribution in [2.24, 2.45) is 5.73 Å². The number of rotatable bonds is 1. The Bertz CT molecular complexity index is 546. The third-order valence-electron chi connectivity index (χ3n) is 2.73. The highest BCUT2D eigenvalue weighted by molar-refractivity contribution is 5.83. The van der Waals surface area contributed by atoms with Gasteiger partial charge < -0.3 is 5.73 Å². The van der Waals surface area contributed by atoms with Crippen LogP contribution in [0.2, 0.25) is 0 Å². The van der Waals surface area contributed by atoms with Gasteiger partial charge in [0.05, 0.1) is 0 Å². The van der Waals surface area contributed by atoms with Crippen LogP contribution >= 0.6 is 0 Å². The average Bonchev–Trinajstić information content (AvgIpc) is 2.26. The van der Waals surface area contributed by atoms with Gasteiger partial charge in [-0.05, 0) is 29.3 Å². The van der Waals surface area contributed by atoms with E-state index in [9.17, 15) is 13.2 Å². The molecule has 0 aliphatic rings. The average molecular weight is 239 g/mol. The summed E-state index contributed by atoms with van der Waals surface area (Å²) >= 11 is 0. The lowest BCUT2D eigenvalue weighted by atomic mass is 10.0. The Morgan fingerprint density at radius 3 is 2.24 bits per heavy atom. The molecule has 0 amide bonds. The highest BCUT2D eigenvalue weighted by Gasteiger charge is 2.37. The van der Waals surface area contributed by atoms with Crippen molar-refractivity contribution in [2.45, 2.75) is 19.1 Å². The Hall–Kier alpha value is -1.55. The minimum atomic E-state index is -4.40. The van der Waals surface area contributed by atoms with Crippen LogP contribution in [-0.2, 0) is 0 Å². The first-order valence-electron chi connectivity index (χ1n) is 5.20. The van der Waals surface area contributed by atoms with Crippen molar-refractivity contribution in [1.29, 1.82) is 0 Å². The molecule has 90 valence electrons. The second-order valence-corrected chi connectivity index (χ2v) is 4.13. The molecule has 1 atom stereocenters. The van der Waals surface area contributed by atoms with E-state index in [0.717, 1.165) is 16.3 Å². The predicted octanol–water partition coefficient (Wildman–Crippen LogP) is 3.71. The highest BCUT2D eigenvalue weighted by Crippen LogP contribution is 2.31. The minimum absolute atomic E-state index is 0.0915. The van der Waals surface area contributed by atoms with Gasteiger partial charge in [-0.25, -0.2) is 0 Å². The first kappa shape index (κ1) is 11.9. The van der Waals surface area contributed by atoms with Gasteiger partial charge in [0, 0.05) is 0 Å². The zero-order chi connectivity index (χ0) is 12.6. The van der Waals surface area contributed by atoms with Gasteiger partial charge in [0.1, 0.15) is 6.04 Å². The van der Waals surface area contributed by atoms with E-state index in [1.165, 1.54) is 12.1 Å². The molecular weight excluding hydrogens is 227 g/mol. The van der Waals surface area contributed by atoms with Crippen LogP contribution in [0.25, 0.3) is 10.8 Å². The molecule has 0 fully saturated rings. The van der Waals surface area contributed by atoms with E-state index in [0.29, 0.717) is 0 Å². The van der Waals surface area contributed by atoms with E-state index in [2.05, 4.69) is 0 Å². The van der Waals surface area contributed by atoms with Crippen molar-refractivity contribution in [1.82, 2.24) is 0 Å². The Morgan fingerprint density at radius 1 is 1.00 bits per heavy atom. The van der Waals surface area contributed by atoms with E-state index in [-0.39, 0.29) is 5.56 Å². The molecule has 2 aromatic rings. The number of fused-ring (bicyclic) bond motifs is 1. The number of alkyl halides is 3. The Balaban J connectivity index is 2.48. The van der Waals surface area contributed by atoms with Crippen molar-refractivity contribution in [3.05, 3.63) is 47.5 Å².